The maximum Gasteiger partial charge on any atom is 0.321 e. The van der Waals surface area contributed by atoms with E-state index in [9.17, 15) is 4.79 Å². The molecule has 0 radical (unpaired) electrons. The Labute approximate surface area is 195 Å². The summed E-state index contributed by atoms with van der Waals surface area (Å²) >= 11 is 0. The standard InChI is InChI=1S/C26H34N4O3/c1-4-30-23-17-21(33-16-15-32-3)9-10-22(23)24(27)25(30)19-5-7-20(8-6-19)28-26(31)29-13-11-18(2)12-14-29/h5-10,17-18H,4,11-16,27H2,1-3H3,(H,28,31). The van der Waals surface area contributed by atoms with Crippen molar-refractivity contribution in [1.29, 1.82) is 0 Å². The molecule has 0 aliphatic carbocycles. The number of carbonyl (C=O) groups is 1. The monoisotopic (exact) mass is 450 g/mol. The van der Waals surface area contributed by atoms with E-state index in [1.54, 1.807) is 7.11 Å². The minimum atomic E-state index is -0.0298. The number of urea groups is 1. The average Bonchev–Trinajstić information content (AvgIpc) is 3.11. The van der Waals surface area contributed by atoms with Crippen LogP contribution in [0.3, 0.4) is 0 Å². The van der Waals surface area contributed by atoms with Crippen LogP contribution in [-0.4, -0.2) is 48.9 Å². The van der Waals surface area contributed by atoms with Crippen LogP contribution in [0, 0.1) is 5.92 Å². The van der Waals surface area contributed by atoms with Crippen molar-refractivity contribution in [3.8, 4) is 17.0 Å². The number of aryl methyl sites for hydroxylation is 1. The van der Waals surface area contributed by atoms with E-state index in [4.69, 9.17) is 15.2 Å². The number of nitrogens with zero attached hydrogens (tertiary/aromatic N) is 2. The number of nitrogen functional groups attached to an aromatic ring is 1. The zero-order valence-corrected chi connectivity index (χ0v) is 19.8. The van der Waals surface area contributed by atoms with Gasteiger partial charge in [-0.3, -0.25) is 0 Å². The predicted molar refractivity (Wildman–Crippen MR) is 134 cm³/mol. The molecule has 0 bridgehead atoms. The Hall–Kier alpha value is -3.19. The fourth-order valence-electron chi connectivity index (χ4n) is 4.45. The van der Waals surface area contributed by atoms with Crippen LogP contribution in [0.25, 0.3) is 22.2 Å². The van der Waals surface area contributed by atoms with E-state index in [1.807, 2.05) is 47.4 Å². The van der Waals surface area contributed by atoms with Crippen LogP contribution in [0.5, 0.6) is 5.75 Å². The van der Waals surface area contributed by atoms with Gasteiger partial charge in [0.05, 0.1) is 23.5 Å². The van der Waals surface area contributed by atoms with Gasteiger partial charge in [-0.1, -0.05) is 19.1 Å². The summed E-state index contributed by atoms with van der Waals surface area (Å²) in [5.41, 5.74) is 11.1. The topological polar surface area (TPSA) is 81.8 Å². The molecule has 1 aliphatic heterocycles. The largest absolute Gasteiger partial charge is 0.491 e. The molecule has 176 valence electrons. The highest BCUT2D eigenvalue weighted by Gasteiger charge is 2.21. The highest BCUT2D eigenvalue weighted by atomic mass is 16.5. The quantitative estimate of drug-likeness (QED) is 0.485. The third-order valence-electron chi connectivity index (χ3n) is 6.43. The van der Waals surface area contributed by atoms with Gasteiger partial charge in [-0.05, 0) is 49.9 Å². The predicted octanol–water partition coefficient (Wildman–Crippen LogP) is 5.20. The molecule has 33 heavy (non-hydrogen) atoms. The zero-order chi connectivity index (χ0) is 23.4. The lowest BCUT2D eigenvalue weighted by molar-refractivity contribution is 0.146. The van der Waals surface area contributed by atoms with E-state index in [-0.39, 0.29) is 6.03 Å². The Morgan fingerprint density at radius 1 is 1.12 bits per heavy atom. The normalized spacial score (nSPS) is 14.6. The molecule has 1 aromatic heterocycles. The van der Waals surface area contributed by atoms with Gasteiger partial charge in [0, 0.05) is 49.4 Å². The molecule has 7 heteroatoms. The second-order valence-electron chi connectivity index (χ2n) is 8.70. The molecule has 0 atom stereocenters. The zero-order valence-electron chi connectivity index (χ0n) is 19.8. The first-order valence-electron chi connectivity index (χ1n) is 11.7. The van der Waals surface area contributed by atoms with E-state index < -0.39 is 0 Å². The summed E-state index contributed by atoms with van der Waals surface area (Å²) in [5.74, 6) is 1.49. The lowest BCUT2D eigenvalue weighted by Gasteiger charge is -2.30. The number of likely N-dealkylation sites (tertiary alicyclic amines) is 1. The molecule has 2 amide bonds. The van der Waals surface area contributed by atoms with Gasteiger partial charge in [0.25, 0.3) is 0 Å². The Morgan fingerprint density at radius 3 is 2.52 bits per heavy atom. The summed E-state index contributed by atoms with van der Waals surface area (Å²) in [6.45, 7) is 7.79. The summed E-state index contributed by atoms with van der Waals surface area (Å²) < 4.78 is 13.1. The Balaban J connectivity index is 1.55. The number of ether oxygens (including phenoxy) is 2. The molecular weight excluding hydrogens is 416 g/mol. The molecule has 2 heterocycles. The third-order valence-corrected chi connectivity index (χ3v) is 6.43. The summed E-state index contributed by atoms with van der Waals surface area (Å²) in [7, 11) is 1.66. The lowest BCUT2D eigenvalue weighted by atomic mass is 10.00. The van der Waals surface area contributed by atoms with E-state index in [0.29, 0.717) is 19.1 Å². The van der Waals surface area contributed by atoms with Crippen molar-refractivity contribution >= 4 is 28.3 Å². The number of fused-ring (bicyclic) bond motifs is 1. The number of nitrogens with two attached hydrogens (primary N) is 1. The molecule has 3 N–H and O–H groups in total. The number of amides is 2. The van der Waals surface area contributed by atoms with E-state index in [0.717, 1.165) is 71.8 Å². The fraction of sp³-hybridized carbons (Fsp3) is 0.423. The Kier molecular flexibility index (Phi) is 7.08. The van der Waals surface area contributed by atoms with Crippen LogP contribution in [0.2, 0.25) is 0 Å². The van der Waals surface area contributed by atoms with Gasteiger partial charge >= 0.3 is 6.03 Å². The number of methoxy groups -OCH3 is 1. The number of carbonyl (C=O) groups excluding carboxylic acids is 1. The summed E-state index contributed by atoms with van der Waals surface area (Å²) in [5, 5.41) is 4.03. The van der Waals surface area contributed by atoms with Gasteiger partial charge in [0.2, 0.25) is 0 Å². The van der Waals surface area contributed by atoms with Gasteiger partial charge < -0.3 is 30.0 Å². The van der Waals surface area contributed by atoms with Crippen LogP contribution >= 0.6 is 0 Å². The first kappa shape index (κ1) is 23.0. The van der Waals surface area contributed by atoms with Crippen molar-refractivity contribution < 1.29 is 14.3 Å². The van der Waals surface area contributed by atoms with Crippen molar-refractivity contribution in [2.75, 3.05) is 44.5 Å². The fourth-order valence-corrected chi connectivity index (χ4v) is 4.45. The number of aromatic nitrogens is 1. The molecule has 3 aromatic rings. The van der Waals surface area contributed by atoms with Crippen LogP contribution in [0.15, 0.2) is 42.5 Å². The second-order valence-corrected chi connectivity index (χ2v) is 8.70. The molecule has 0 saturated carbocycles. The summed E-state index contributed by atoms with van der Waals surface area (Å²) in [6, 6.07) is 13.9. The SMILES string of the molecule is CCn1c(-c2ccc(NC(=O)N3CCC(C)CC3)cc2)c(N)c2ccc(OCCOC)cc21. The Bertz CT molecular complexity index is 1100. The van der Waals surface area contributed by atoms with Gasteiger partial charge in [0.15, 0.2) is 0 Å². The van der Waals surface area contributed by atoms with Gasteiger partial charge in [-0.2, -0.15) is 0 Å². The van der Waals surface area contributed by atoms with Crippen LogP contribution in [0.4, 0.5) is 16.2 Å². The number of nitrogens with one attached hydrogen (secondary N) is 1. The third kappa shape index (κ3) is 4.93. The smallest absolute Gasteiger partial charge is 0.321 e. The van der Waals surface area contributed by atoms with Crippen molar-refractivity contribution in [2.24, 2.45) is 5.92 Å². The first-order valence-corrected chi connectivity index (χ1v) is 11.7. The molecule has 7 nitrogen and oxygen atoms in total. The molecule has 2 aromatic carbocycles. The summed E-state index contributed by atoms with van der Waals surface area (Å²) in [4.78, 5) is 14.5. The van der Waals surface area contributed by atoms with E-state index in [1.165, 1.54) is 0 Å². The number of anilines is 2. The van der Waals surface area contributed by atoms with Crippen LogP contribution in [-0.2, 0) is 11.3 Å². The molecule has 0 unspecified atom stereocenters. The number of rotatable bonds is 7. The minimum Gasteiger partial charge on any atom is -0.491 e. The number of hydrogen-bond donors (Lipinski definition) is 2. The second kappa shape index (κ2) is 10.2. The van der Waals surface area contributed by atoms with E-state index in [2.05, 4.69) is 23.7 Å². The number of benzene rings is 2. The molecular formula is C26H34N4O3. The summed E-state index contributed by atoms with van der Waals surface area (Å²) in [6.07, 6.45) is 2.12. The lowest BCUT2D eigenvalue weighted by Crippen LogP contribution is -2.40. The number of piperidine rings is 1. The molecule has 4 rings (SSSR count). The average molecular weight is 451 g/mol. The van der Waals surface area contributed by atoms with Crippen LogP contribution in [0.1, 0.15) is 26.7 Å². The van der Waals surface area contributed by atoms with Crippen molar-refractivity contribution in [1.82, 2.24) is 9.47 Å². The first-order chi connectivity index (χ1) is 16.0. The number of hydrogen-bond acceptors (Lipinski definition) is 4. The maximum absolute atomic E-state index is 12.6. The van der Waals surface area contributed by atoms with Crippen molar-refractivity contribution in [3.63, 3.8) is 0 Å². The minimum absolute atomic E-state index is 0.0298. The van der Waals surface area contributed by atoms with Gasteiger partial charge in [0.1, 0.15) is 12.4 Å². The highest BCUT2D eigenvalue weighted by molar-refractivity contribution is 6.01. The molecule has 1 saturated heterocycles. The highest BCUT2D eigenvalue weighted by Crippen LogP contribution is 2.38. The molecule has 1 fully saturated rings. The van der Waals surface area contributed by atoms with Gasteiger partial charge in [-0.25, -0.2) is 4.79 Å². The molecule has 0 spiro atoms. The van der Waals surface area contributed by atoms with Crippen molar-refractivity contribution in [3.05, 3.63) is 42.5 Å². The molecule has 1 aliphatic rings. The Morgan fingerprint density at radius 2 is 1.85 bits per heavy atom. The van der Waals surface area contributed by atoms with Crippen LogP contribution < -0.4 is 15.8 Å². The van der Waals surface area contributed by atoms with Crippen molar-refractivity contribution in [2.45, 2.75) is 33.2 Å². The van der Waals surface area contributed by atoms with E-state index >= 15 is 0 Å². The van der Waals surface area contributed by atoms with Gasteiger partial charge in [-0.15, -0.1) is 0 Å². The maximum atomic E-state index is 12.6.